The molecule has 2 rings (SSSR count). The van der Waals surface area contributed by atoms with Gasteiger partial charge in [-0.25, -0.2) is 4.98 Å². The van der Waals surface area contributed by atoms with Gasteiger partial charge in [0.05, 0.1) is 17.4 Å². The van der Waals surface area contributed by atoms with Gasteiger partial charge in [-0.1, -0.05) is 13.3 Å². The smallest absolute Gasteiger partial charge is 0.250 e. The number of carbonyl (C=O) groups is 1. The fraction of sp³-hybridized carbons (Fsp3) is 0.538. The van der Waals surface area contributed by atoms with Gasteiger partial charge in [-0.2, -0.15) is 0 Å². The van der Waals surface area contributed by atoms with E-state index in [2.05, 4.69) is 17.2 Å². The first-order chi connectivity index (χ1) is 8.56. The van der Waals surface area contributed by atoms with Gasteiger partial charge in [0.25, 0.3) is 5.91 Å². The number of rotatable bonds is 4. The molecule has 5 heteroatoms. The molecular weight excluding hydrogens is 228 g/mol. The van der Waals surface area contributed by atoms with Gasteiger partial charge in [0.1, 0.15) is 5.82 Å². The molecule has 2 unspecified atom stereocenters. The lowest BCUT2D eigenvalue weighted by Gasteiger charge is -2.12. The molecule has 1 aromatic heterocycles. The number of anilines is 2. The molecule has 1 amide bonds. The maximum Gasteiger partial charge on any atom is 0.250 e. The zero-order chi connectivity index (χ0) is 13.1. The second kappa shape index (κ2) is 5.25. The van der Waals surface area contributed by atoms with Gasteiger partial charge in [-0.3, -0.25) is 4.79 Å². The molecule has 0 spiro atoms. The molecule has 1 aliphatic carbocycles. The maximum absolute atomic E-state index is 11.2. The van der Waals surface area contributed by atoms with Crippen molar-refractivity contribution in [1.82, 2.24) is 4.98 Å². The molecule has 2 atom stereocenters. The van der Waals surface area contributed by atoms with Crippen LogP contribution in [0.1, 0.15) is 36.5 Å². The molecule has 98 valence electrons. The van der Waals surface area contributed by atoms with E-state index < -0.39 is 5.91 Å². The van der Waals surface area contributed by atoms with Crippen molar-refractivity contribution in [3.63, 3.8) is 0 Å². The minimum atomic E-state index is -0.521. The van der Waals surface area contributed by atoms with Gasteiger partial charge < -0.3 is 16.8 Å². The number of hydrogen-bond donors (Lipinski definition) is 3. The lowest BCUT2D eigenvalue weighted by molar-refractivity contribution is 0.100. The van der Waals surface area contributed by atoms with Crippen molar-refractivity contribution in [3.8, 4) is 0 Å². The standard InChI is InChI=1S/C13H20N4O/c1-8-2-3-9(4-8)6-16-12-5-10(13(15)18)11(14)7-17-12/h5,7-9H,2-4,6,14H2,1H3,(H2,15,18)(H,16,17). The average Bonchev–Trinajstić information content (AvgIpc) is 2.74. The van der Waals surface area contributed by atoms with Gasteiger partial charge in [-0.15, -0.1) is 0 Å². The predicted molar refractivity (Wildman–Crippen MR) is 72.2 cm³/mol. The van der Waals surface area contributed by atoms with E-state index in [-0.39, 0.29) is 0 Å². The number of hydrogen-bond acceptors (Lipinski definition) is 4. The number of pyridine rings is 1. The predicted octanol–water partition coefficient (Wildman–Crippen LogP) is 1.61. The zero-order valence-electron chi connectivity index (χ0n) is 10.6. The fourth-order valence-corrected chi connectivity index (χ4v) is 2.54. The molecule has 1 heterocycles. The van der Waals surface area contributed by atoms with Crippen LogP contribution in [0.5, 0.6) is 0 Å². The van der Waals surface area contributed by atoms with E-state index in [1.807, 2.05) is 0 Å². The van der Waals surface area contributed by atoms with Crippen LogP contribution in [0.25, 0.3) is 0 Å². The fourth-order valence-electron chi connectivity index (χ4n) is 2.54. The third-order valence-electron chi connectivity index (χ3n) is 3.58. The van der Waals surface area contributed by atoms with E-state index >= 15 is 0 Å². The summed E-state index contributed by atoms with van der Waals surface area (Å²) in [5.41, 5.74) is 11.5. The second-order valence-corrected chi connectivity index (χ2v) is 5.19. The molecule has 18 heavy (non-hydrogen) atoms. The normalized spacial score (nSPS) is 22.9. The molecule has 0 aromatic carbocycles. The van der Waals surface area contributed by atoms with Crippen molar-refractivity contribution in [2.24, 2.45) is 17.6 Å². The maximum atomic E-state index is 11.2. The number of amides is 1. The van der Waals surface area contributed by atoms with Crippen molar-refractivity contribution in [3.05, 3.63) is 17.8 Å². The summed E-state index contributed by atoms with van der Waals surface area (Å²) in [4.78, 5) is 15.3. The van der Waals surface area contributed by atoms with Crippen LogP contribution in [0.2, 0.25) is 0 Å². The number of primary amides is 1. The van der Waals surface area contributed by atoms with Crippen LogP contribution in [0.15, 0.2) is 12.3 Å². The van der Waals surface area contributed by atoms with Crippen molar-refractivity contribution < 1.29 is 4.79 Å². The zero-order valence-corrected chi connectivity index (χ0v) is 10.6. The van der Waals surface area contributed by atoms with Crippen LogP contribution >= 0.6 is 0 Å². The number of nitrogens with one attached hydrogen (secondary N) is 1. The Morgan fingerprint density at radius 1 is 1.56 bits per heavy atom. The highest BCUT2D eigenvalue weighted by Crippen LogP contribution is 2.30. The molecule has 1 aliphatic rings. The Morgan fingerprint density at radius 2 is 2.33 bits per heavy atom. The Hall–Kier alpha value is -1.78. The lowest BCUT2D eigenvalue weighted by atomic mass is 10.1. The molecule has 1 fully saturated rings. The van der Waals surface area contributed by atoms with Gasteiger partial charge in [0.15, 0.2) is 0 Å². The Morgan fingerprint density at radius 3 is 2.94 bits per heavy atom. The van der Waals surface area contributed by atoms with Crippen LogP contribution in [0.3, 0.4) is 0 Å². The Bertz CT molecular complexity index is 447. The topological polar surface area (TPSA) is 94.0 Å². The van der Waals surface area contributed by atoms with Gasteiger partial charge >= 0.3 is 0 Å². The van der Waals surface area contributed by atoms with Crippen molar-refractivity contribution in [1.29, 1.82) is 0 Å². The average molecular weight is 248 g/mol. The SMILES string of the molecule is CC1CCC(CNc2cc(C(N)=O)c(N)cn2)C1. The molecule has 0 bridgehead atoms. The molecule has 0 radical (unpaired) electrons. The third kappa shape index (κ3) is 2.91. The summed E-state index contributed by atoms with van der Waals surface area (Å²) in [6.07, 6.45) is 5.28. The second-order valence-electron chi connectivity index (χ2n) is 5.19. The first kappa shape index (κ1) is 12.7. The Balaban J connectivity index is 1.97. The lowest BCUT2D eigenvalue weighted by Crippen LogP contribution is -2.16. The largest absolute Gasteiger partial charge is 0.397 e. The summed E-state index contributed by atoms with van der Waals surface area (Å²) < 4.78 is 0. The first-order valence-corrected chi connectivity index (χ1v) is 6.35. The van der Waals surface area contributed by atoms with Crippen LogP contribution in [0, 0.1) is 11.8 Å². The third-order valence-corrected chi connectivity index (χ3v) is 3.58. The Labute approximate surface area is 107 Å². The number of nitrogens with two attached hydrogens (primary N) is 2. The highest BCUT2D eigenvalue weighted by atomic mass is 16.1. The van der Waals surface area contributed by atoms with Crippen molar-refractivity contribution >= 4 is 17.4 Å². The van der Waals surface area contributed by atoms with Gasteiger partial charge in [0, 0.05) is 6.54 Å². The summed E-state index contributed by atoms with van der Waals surface area (Å²) in [6.45, 7) is 3.17. The van der Waals surface area contributed by atoms with E-state index in [1.54, 1.807) is 6.07 Å². The summed E-state index contributed by atoms with van der Waals surface area (Å²) >= 11 is 0. The molecule has 1 aromatic rings. The van der Waals surface area contributed by atoms with Crippen molar-refractivity contribution in [2.75, 3.05) is 17.6 Å². The van der Waals surface area contributed by atoms with Gasteiger partial charge in [-0.05, 0) is 30.7 Å². The summed E-state index contributed by atoms with van der Waals surface area (Å²) in [6, 6.07) is 1.62. The highest BCUT2D eigenvalue weighted by Gasteiger charge is 2.21. The molecule has 1 saturated carbocycles. The van der Waals surface area contributed by atoms with E-state index in [9.17, 15) is 4.79 Å². The number of nitrogen functional groups attached to an aromatic ring is 1. The summed E-state index contributed by atoms with van der Waals surface area (Å²) in [5, 5.41) is 3.26. The molecule has 5 nitrogen and oxygen atoms in total. The molecular formula is C13H20N4O. The molecule has 0 saturated heterocycles. The van der Waals surface area contributed by atoms with Crippen LogP contribution in [-0.2, 0) is 0 Å². The summed E-state index contributed by atoms with van der Waals surface area (Å²) in [7, 11) is 0. The number of carbonyl (C=O) groups excluding carboxylic acids is 1. The van der Waals surface area contributed by atoms with Crippen LogP contribution in [-0.4, -0.2) is 17.4 Å². The molecule has 5 N–H and O–H groups in total. The van der Waals surface area contributed by atoms with E-state index in [0.717, 1.165) is 12.5 Å². The first-order valence-electron chi connectivity index (χ1n) is 6.35. The quantitative estimate of drug-likeness (QED) is 0.754. The van der Waals surface area contributed by atoms with E-state index in [4.69, 9.17) is 11.5 Å². The minimum Gasteiger partial charge on any atom is -0.397 e. The van der Waals surface area contributed by atoms with Crippen LogP contribution in [0.4, 0.5) is 11.5 Å². The monoisotopic (exact) mass is 248 g/mol. The van der Waals surface area contributed by atoms with E-state index in [1.165, 1.54) is 25.5 Å². The Kier molecular flexibility index (Phi) is 3.69. The minimum absolute atomic E-state index is 0.322. The number of nitrogens with zero attached hydrogens (tertiary/aromatic N) is 1. The van der Waals surface area contributed by atoms with Crippen molar-refractivity contribution in [2.45, 2.75) is 26.2 Å². The summed E-state index contributed by atoms with van der Waals surface area (Å²) in [5.74, 6) is 1.65. The number of aromatic nitrogens is 1. The van der Waals surface area contributed by atoms with Gasteiger partial charge in [0.2, 0.25) is 0 Å². The van der Waals surface area contributed by atoms with E-state index in [0.29, 0.717) is 23.0 Å². The highest BCUT2D eigenvalue weighted by molar-refractivity contribution is 5.98. The van der Waals surface area contributed by atoms with Crippen LogP contribution < -0.4 is 16.8 Å². The molecule has 0 aliphatic heterocycles.